The van der Waals surface area contributed by atoms with Gasteiger partial charge in [0.2, 0.25) is 11.8 Å². The molecule has 2 bridgehead atoms. The number of aromatic nitrogens is 2. The van der Waals surface area contributed by atoms with Crippen molar-refractivity contribution in [1.29, 1.82) is 0 Å². The van der Waals surface area contributed by atoms with Crippen molar-refractivity contribution in [2.75, 3.05) is 19.0 Å². The van der Waals surface area contributed by atoms with Gasteiger partial charge in [0.15, 0.2) is 0 Å². The molecule has 3 aromatic rings. The first kappa shape index (κ1) is 33.1. The summed E-state index contributed by atoms with van der Waals surface area (Å²) in [5.41, 5.74) is 1.25. The Morgan fingerprint density at radius 2 is 1.96 bits per heavy atom. The number of nitrogens with zero attached hydrogens (tertiary/aromatic N) is 3. The number of oxime groups is 1. The molecule has 3 heterocycles. The SMILES string of the molecule is COc1ncc(C2=NOC3CC(CO)CC23)cc1C(=O)N[C@H]1[C@@H](C(=O)Nc2ccc(F)c(C(F)(F)F)c2)[C@H]2CC[C@@H]1/C2=C\c1csc(C)n1. The molecule has 1 aliphatic heterocycles. The van der Waals surface area contributed by atoms with Gasteiger partial charge in [-0.25, -0.2) is 14.4 Å². The number of anilines is 1. The average Bonchev–Trinajstić information content (AvgIpc) is 3.89. The van der Waals surface area contributed by atoms with Crippen LogP contribution in [0.3, 0.4) is 0 Å². The number of aliphatic hydroxyl groups excluding tert-OH is 1. The van der Waals surface area contributed by atoms with Crippen molar-refractivity contribution < 1.29 is 41.8 Å². The van der Waals surface area contributed by atoms with Gasteiger partial charge in [-0.2, -0.15) is 13.2 Å². The number of thiazole rings is 1. The van der Waals surface area contributed by atoms with E-state index in [0.717, 1.165) is 22.3 Å². The van der Waals surface area contributed by atoms with Crippen molar-refractivity contribution in [3.63, 3.8) is 0 Å². The van der Waals surface area contributed by atoms with Crippen LogP contribution in [0.15, 0.2) is 46.6 Å². The molecule has 1 aromatic carbocycles. The molecule has 3 fully saturated rings. The summed E-state index contributed by atoms with van der Waals surface area (Å²) in [6.45, 7) is 1.92. The lowest BCUT2D eigenvalue weighted by Crippen LogP contribution is -2.48. The summed E-state index contributed by atoms with van der Waals surface area (Å²) in [7, 11) is 1.39. The minimum Gasteiger partial charge on any atom is -0.480 e. The molecule has 4 aliphatic rings. The van der Waals surface area contributed by atoms with Gasteiger partial charge in [-0.1, -0.05) is 10.7 Å². The van der Waals surface area contributed by atoms with Crippen molar-refractivity contribution in [2.45, 2.75) is 50.9 Å². The van der Waals surface area contributed by atoms with Crippen molar-refractivity contribution in [1.82, 2.24) is 15.3 Å². The Kier molecular flexibility index (Phi) is 8.67. The molecule has 3 aliphatic carbocycles. The Morgan fingerprint density at radius 1 is 1.16 bits per heavy atom. The van der Waals surface area contributed by atoms with E-state index in [1.165, 1.54) is 18.4 Å². The Bertz CT molecular complexity index is 1860. The number of benzene rings is 1. The number of hydrogen-bond acceptors (Lipinski definition) is 9. The zero-order chi connectivity index (χ0) is 34.6. The summed E-state index contributed by atoms with van der Waals surface area (Å²) in [5.74, 6) is -3.95. The number of halogens is 4. The Balaban J connectivity index is 1.19. The number of pyridine rings is 1. The molecule has 7 atom stereocenters. The second-order valence-corrected chi connectivity index (χ2v) is 14.0. The molecule has 0 radical (unpaired) electrons. The van der Waals surface area contributed by atoms with Crippen LogP contribution in [0, 0.1) is 42.3 Å². The van der Waals surface area contributed by atoms with E-state index in [1.807, 2.05) is 18.4 Å². The number of rotatable bonds is 8. The van der Waals surface area contributed by atoms with E-state index in [1.54, 1.807) is 12.3 Å². The molecular formula is C34H33F4N5O5S. The first-order chi connectivity index (χ1) is 23.4. The second-order valence-electron chi connectivity index (χ2n) is 13.0. The standard InChI is InChI=1S/C34H33F4N5O5S/c1-15-40-19(14-49-15)10-22-20-4-5-21(22)30(28(20)32(46)41-18-3-6-26(35)25(11-18)34(36,37)38)42-31(45)24-9-17(12-39-33(24)47-2)29-23-7-16(13-44)8-27(23)48-43-29/h3,6,9-12,14,16,20-21,23,27-28,30,44H,4-5,7-8,13H2,1-2H3,(H,41,46)(H,42,45)/b22-10-/t16?,20-,21+,23?,27?,28-,30+/m0/s1. The van der Waals surface area contributed by atoms with Crippen LogP contribution in [-0.4, -0.2) is 58.5 Å². The maximum atomic E-state index is 14.1. The second kappa shape index (κ2) is 12.8. The van der Waals surface area contributed by atoms with Gasteiger partial charge < -0.3 is 25.3 Å². The van der Waals surface area contributed by atoms with Crippen molar-refractivity contribution in [3.8, 4) is 5.88 Å². The smallest absolute Gasteiger partial charge is 0.419 e. The maximum Gasteiger partial charge on any atom is 0.419 e. The number of carbonyl (C=O) groups excluding carboxylic acids is 2. The molecule has 15 heteroatoms. The number of alkyl halides is 3. The first-order valence-corrected chi connectivity index (χ1v) is 16.8. The molecule has 3 unspecified atom stereocenters. The molecule has 0 spiro atoms. The summed E-state index contributed by atoms with van der Waals surface area (Å²) >= 11 is 1.48. The summed E-state index contributed by atoms with van der Waals surface area (Å²) in [4.78, 5) is 42.5. The molecule has 0 saturated heterocycles. The molecule has 3 saturated carbocycles. The zero-order valence-electron chi connectivity index (χ0n) is 26.5. The fourth-order valence-corrected chi connectivity index (χ4v) is 8.48. The number of hydrogen-bond donors (Lipinski definition) is 3. The third-order valence-electron chi connectivity index (χ3n) is 10.1. The predicted octanol–water partition coefficient (Wildman–Crippen LogP) is 5.61. The molecule has 49 heavy (non-hydrogen) atoms. The molecule has 2 aromatic heterocycles. The molecule has 7 rings (SSSR count). The highest BCUT2D eigenvalue weighted by Crippen LogP contribution is 2.54. The van der Waals surface area contributed by atoms with E-state index in [4.69, 9.17) is 9.57 Å². The minimum atomic E-state index is -4.95. The number of aliphatic hydroxyl groups is 1. The van der Waals surface area contributed by atoms with Crippen molar-refractivity contribution in [3.05, 3.63) is 74.6 Å². The monoisotopic (exact) mass is 699 g/mol. The highest BCUT2D eigenvalue weighted by Gasteiger charge is 2.55. The lowest BCUT2D eigenvalue weighted by atomic mass is 9.83. The van der Waals surface area contributed by atoms with Crippen LogP contribution in [0.1, 0.15) is 57.9 Å². The lowest BCUT2D eigenvalue weighted by Gasteiger charge is -2.30. The summed E-state index contributed by atoms with van der Waals surface area (Å²) in [6.07, 6.45) is 1.00. The van der Waals surface area contributed by atoms with Crippen LogP contribution >= 0.6 is 11.3 Å². The third kappa shape index (κ3) is 6.18. The van der Waals surface area contributed by atoms with Gasteiger partial charge >= 0.3 is 6.18 Å². The van der Waals surface area contributed by atoms with Gasteiger partial charge in [0.1, 0.15) is 17.5 Å². The molecule has 258 valence electrons. The number of aryl methyl sites for hydroxylation is 1. The Labute approximate surface area is 282 Å². The summed E-state index contributed by atoms with van der Waals surface area (Å²) in [6, 6.07) is 3.19. The maximum absolute atomic E-state index is 14.1. The van der Waals surface area contributed by atoms with E-state index in [9.17, 15) is 32.3 Å². The first-order valence-electron chi connectivity index (χ1n) is 16.0. The minimum absolute atomic E-state index is 0.0413. The van der Waals surface area contributed by atoms with Crippen LogP contribution in [0.2, 0.25) is 0 Å². The lowest BCUT2D eigenvalue weighted by molar-refractivity contribution is -0.140. The fourth-order valence-electron chi connectivity index (χ4n) is 7.91. The van der Waals surface area contributed by atoms with Gasteiger partial charge in [-0.3, -0.25) is 9.59 Å². The summed E-state index contributed by atoms with van der Waals surface area (Å²) in [5, 5.41) is 22.3. The summed E-state index contributed by atoms with van der Waals surface area (Å²) < 4.78 is 59.8. The Hall–Kier alpha value is -4.37. The molecular weight excluding hydrogens is 666 g/mol. The van der Waals surface area contributed by atoms with Crippen molar-refractivity contribution in [2.24, 2.45) is 34.7 Å². The number of ether oxygens (including phenoxy) is 1. The quantitative estimate of drug-likeness (QED) is 0.260. The average molecular weight is 700 g/mol. The fraction of sp³-hybridized carbons (Fsp3) is 0.441. The normalized spacial score (nSPS) is 27.9. The number of nitrogens with one attached hydrogen (secondary N) is 2. The van der Waals surface area contributed by atoms with Gasteiger partial charge in [0.05, 0.1) is 35.0 Å². The molecule has 2 amide bonds. The van der Waals surface area contributed by atoms with Crippen LogP contribution in [0.4, 0.5) is 23.2 Å². The van der Waals surface area contributed by atoms with Crippen LogP contribution in [0.5, 0.6) is 5.88 Å². The van der Waals surface area contributed by atoms with Crippen molar-refractivity contribution >= 4 is 40.6 Å². The van der Waals surface area contributed by atoms with E-state index in [2.05, 4.69) is 25.8 Å². The Morgan fingerprint density at radius 3 is 2.67 bits per heavy atom. The van der Waals surface area contributed by atoms with Crippen LogP contribution < -0.4 is 15.4 Å². The van der Waals surface area contributed by atoms with E-state index >= 15 is 0 Å². The topological polar surface area (TPSA) is 135 Å². The molecule has 10 nitrogen and oxygen atoms in total. The van der Waals surface area contributed by atoms with Crippen LogP contribution in [0.25, 0.3) is 6.08 Å². The van der Waals surface area contributed by atoms with Gasteiger partial charge in [0.25, 0.3) is 5.91 Å². The highest BCUT2D eigenvalue weighted by atomic mass is 32.1. The van der Waals surface area contributed by atoms with Gasteiger partial charge in [-0.15, -0.1) is 11.3 Å². The number of amides is 2. The van der Waals surface area contributed by atoms with Gasteiger partial charge in [0, 0.05) is 47.3 Å². The highest BCUT2D eigenvalue weighted by molar-refractivity contribution is 7.09. The zero-order valence-corrected chi connectivity index (χ0v) is 27.3. The number of fused-ring (bicyclic) bond motifs is 3. The van der Waals surface area contributed by atoms with E-state index in [-0.39, 0.29) is 53.5 Å². The molecule has 3 N–H and O–H groups in total. The number of carbonyl (C=O) groups is 2. The van der Waals surface area contributed by atoms with Gasteiger partial charge in [-0.05, 0) is 74.8 Å². The predicted molar refractivity (Wildman–Crippen MR) is 171 cm³/mol. The number of methoxy groups -OCH3 is 1. The van der Waals surface area contributed by atoms with E-state index in [0.29, 0.717) is 49.1 Å². The van der Waals surface area contributed by atoms with Crippen LogP contribution in [-0.2, 0) is 15.8 Å². The largest absolute Gasteiger partial charge is 0.480 e. The third-order valence-corrected chi connectivity index (χ3v) is 10.9. The van der Waals surface area contributed by atoms with E-state index < -0.39 is 41.3 Å².